The molecule has 5 rings (SSSR count). The van der Waals surface area contributed by atoms with Crippen molar-refractivity contribution in [2.45, 2.75) is 20.4 Å². The third-order valence-corrected chi connectivity index (χ3v) is 5.37. The molecule has 0 spiro atoms. The summed E-state index contributed by atoms with van der Waals surface area (Å²) < 4.78 is 16.7. The average Bonchev–Trinajstić information content (AvgIpc) is 3.08. The third-order valence-electron chi connectivity index (χ3n) is 5.37. The molecule has 0 fully saturated rings. The van der Waals surface area contributed by atoms with Gasteiger partial charge in [0.25, 0.3) is 5.56 Å². The fourth-order valence-electron chi connectivity index (χ4n) is 3.79. The lowest BCUT2D eigenvalue weighted by atomic mass is 10.1. The van der Waals surface area contributed by atoms with Crippen molar-refractivity contribution in [2.75, 3.05) is 0 Å². The number of fused-ring (bicyclic) bond motifs is 3. The second-order valence-corrected chi connectivity index (χ2v) is 7.49. The maximum absolute atomic E-state index is 13.3. The van der Waals surface area contributed by atoms with Crippen LogP contribution in [0.5, 0.6) is 0 Å². The summed E-state index contributed by atoms with van der Waals surface area (Å²) in [6, 6.07) is 16.3. The zero-order valence-electron chi connectivity index (χ0n) is 16.6. The highest BCUT2D eigenvalue weighted by Gasteiger charge is 2.16. The van der Waals surface area contributed by atoms with E-state index in [1.54, 1.807) is 33.6 Å². The number of pyridine rings is 1. The van der Waals surface area contributed by atoms with Crippen molar-refractivity contribution in [3.05, 3.63) is 100.0 Å². The van der Waals surface area contributed by atoms with E-state index in [0.717, 1.165) is 22.4 Å². The highest BCUT2D eigenvalue weighted by atomic mass is 19.1. The van der Waals surface area contributed by atoms with E-state index in [1.165, 1.54) is 17.7 Å². The standard InChI is InChI=1S/C24H19FN4O/c1-15-3-5-17(6-4-15)14-28-12-11-21-20(24(28)30)13-26-23-22(16(2)27-29(21)23)18-7-9-19(25)10-8-18/h3-13H,14H2,1-2H3. The zero-order chi connectivity index (χ0) is 20.8. The molecule has 0 aliphatic heterocycles. The maximum Gasteiger partial charge on any atom is 0.261 e. The zero-order valence-corrected chi connectivity index (χ0v) is 16.6. The van der Waals surface area contributed by atoms with Gasteiger partial charge in [0.1, 0.15) is 5.82 Å². The van der Waals surface area contributed by atoms with Crippen LogP contribution in [0.25, 0.3) is 27.7 Å². The van der Waals surface area contributed by atoms with Gasteiger partial charge in [-0.15, -0.1) is 0 Å². The van der Waals surface area contributed by atoms with Crippen molar-refractivity contribution in [3.63, 3.8) is 0 Å². The van der Waals surface area contributed by atoms with Gasteiger partial charge in [-0.1, -0.05) is 42.0 Å². The van der Waals surface area contributed by atoms with Crippen LogP contribution < -0.4 is 5.56 Å². The van der Waals surface area contributed by atoms with Gasteiger partial charge in [-0.05, 0) is 43.2 Å². The van der Waals surface area contributed by atoms with Gasteiger partial charge in [-0.2, -0.15) is 5.10 Å². The molecule has 0 unspecified atom stereocenters. The number of rotatable bonds is 3. The molecule has 0 N–H and O–H groups in total. The van der Waals surface area contributed by atoms with Gasteiger partial charge in [0.2, 0.25) is 0 Å². The van der Waals surface area contributed by atoms with Gasteiger partial charge in [-0.25, -0.2) is 13.9 Å². The SMILES string of the molecule is Cc1ccc(Cn2ccc3c(cnc4c(-c5ccc(F)cc5)c(C)nn43)c2=O)cc1. The lowest BCUT2D eigenvalue weighted by molar-refractivity contribution is 0.628. The average molecular weight is 398 g/mol. The molecular weight excluding hydrogens is 379 g/mol. The first kappa shape index (κ1) is 18.2. The fourth-order valence-corrected chi connectivity index (χ4v) is 3.79. The molecular formula is C24H19FN4O. The molecule has 0 saturated heterocycles. The Morgan fingerprint density at radius 1 is 0.967 bits per heavy atom. The number of benzene rings is 2. The Bertz CT molecular complexity index is 1450. The van der Waals surface area contributed by atoms with Crippen LogP contribution in [0.15, 0.2) is 71.8 Å². The van der Waals surface area contributed by atoms with Crippen molar-refractivity contribution in [1.82, 2.24) is 19.2 Å². The molecule has 0 aliphatic carbocycles. The van der Waals surface area contributed by atoms with Crippen molar-refractivity contribution < 1.29 is 4.39 Å². The summed E-state index contributed by atoms with van der Waals surface area (Å²) in [7, 11) is 0. The summed E-state index contributed by atoms with van der Waals surface area (Å²) in [6.45, 7) is 4.42. The van der Waals surface area contributed by atoms with Gasteiger partial charge in [-0.3, -0.25) is 4.79 Å². The first-order valence-corrected chi connectivity index (χ1v) is 9.70. The first-order chi connectivity index (χ1) is 14.5. The Kier molecular flexibility index (Phi) is 4.20. The van der Waals surface area contributed by atoms with E-state index >= 15 is 0 Å². The number of halogens is 1. The van der Waals surface area contributed by atoms with Gasteiger partial charge in [0.05, 0.1) is 23.1 Å². The summed E-state index contributed by atoms with van der Waals surface area (Å²) in [5.74, 6) is -0.291. The molecule has 5 nitrogen and oxygen atoms in total. The topological polar surface area (TPSA) is 52.2 Å². The van der Waals surface area contributed by atoms with Gasteiger partial charge in [0, 0.05) is 18.0 Å². The largest absolute Gasteiger partial charge is 0.310 e. The molecule has 0 saturated carbocycles. The van der Waals surface area contributed by atoms with Crippen molar-refractivity contribution in [1.29, 1.82) is 0 Å². The highest BCUT2D eigenvalue weighted by Crippen LogP contribution is 2.28. The number of nitrogens with zero attached hydrogens (tertiary/aromatic N) is 4. The van der Waals surface area contributed by atoms with Crippen LogP contribution in [0.3, 0.4) is 0 Å². The highest BCUT2D eigenvalue weighted by molar-refractivity contribution is 5.86. The van der Waals surface area contributed by atoms with Crippen LogP contribution in [-0.2, 0) is 6.54 Å². The van der Waals surface area contributed by atoms with E-state index in [-0.39, 0.29) is 11.4 Å². The molecule has 0 radical (unpaired) electrons. The Morgan fingerprint density at radius 2 is 1.70 bits per heavy atom. The number of aryl methyl sites for hydroxylation is 2. The van der Waals surface area contributed by atoms with E-state index in [2.05, 4.69) is 10.1 Å². The molecule has 148 valence electrons. The van der Waals surface area contributed by atoms with Crippen molar-refractivity contribution in [2.24, 2.45) is 0 Å². The molecule has 0 atom stereocenters. The van der Waals surface area contributed by atoms with Crippen LogP contribution in [0.1, 0.15) is 16.8 Å². The fraction of sp³-hybridized carbons (Fsp3) is 0.125. The van der Waals surface area contributed by atoms with Crippen LogP contribution in [0, 0.1) is 19.7 Å². The van der Waals surface area contributed by atoms with Crippen LogP contribution in [0.4, 0.5) is 4.39 Å². The minimum Gasteiger partial charge on any atom is -0.310 e. The third kappa shape index (κ3) is 2.97. The predicted octanol–water partition coefficient (Wildman–Crippen LogP) is 4.52. The molecule has 30 heavy (non-hydrogen) atoms. The van der Waals surface area contributed by atoms with Crippen LogP contribution in [0.2, 0.25) is 0 Å². The summed E-state index contributed by atoms with van der Waals surface area (Å²) in [6.07, 6.45) is 3.39. The van der Waals surface area contributed by atoms with Crippen molar-refractivity contribution >= 4 is 16.6 Å². The number of aromatic nitrogens is 4. The molecule has 3 heterocycles. The van der Waals surface area contributed by atoms with E-state index in [4.69, 9.17) is 0 Å². The Balaban J connectivity index is 1.65. The summed E-state index contributed by atoms with van der Waals surface area (Å²) in [5.41, 5.74) is 5.91. The van der Waals surface area contributed by atoms with E-state index < -0.39 is 0 Å². The second-order valence-electron chi connectivity index (χ2n) is 7.49. The Morgan fingerprint density at radius 3 is 2.43 bits per heavy atom. The number of hydrogen-bond donors (Lipinski definition) is 0. The smallest absolute Gasteiger partial charge is 0.261 e. The number of hydrogen-bond acceptors (Lipinski definition) is 3. The minimum absolute atomic E-state index is 0.112. The molecule has 0 aliphatic rings. The summed E-state index contributed by atoms with van der Waals surface area (Å²) in [4.78, 5) is 17.6. The normalized spacial score (nSPS) is 11.4. The minimum atomic E-state index is -0.291. The van der Waals surface area contributed by atoms with Gasteiger partial charge < -0.3 is 4.57 Å². The monoisotopic (exact) mass is 398 g/mol. The quantitative estimate of drug-likeness (QED) is 0.449. The molecule has 5 aromatic rings. The van der Waals surface area contributed by atoms with E-state index in [9.17, 15) is 9.18 Å². The second kappa shape index (κ2) is 6.91. The van der Waals surface area contributed by atoms with Crippen LogP contribution >= 0.6 is 0 Å². The van der Waals surface area contributed by atoms with Crippen molar-refractivity contribution in [3.8, 4) is 11.1 Å². The Hall–Kier alpha value is -3.80. The van der Waals surface area contributed by atoms with E-state index in [0.29, 0.717) is 23.1 Å². The first-order valence-electron chi connectivity index (χ1n) is 9.70. The van der Waals surface area contributed by atoms with Gasteiger partial charge >= 0.3 is 0 Å². The van der Waals surface area contributed by atoms with Gasteiger partial charge in [0.15, 0.2) is 5.65 Å². The predicted molar refractivity (Wildman–Crippen MR) is 115 cm³/mol. The molecule has 3 aromatic heterocycles. The molecule has 0 bridgehead atoms. The lowest BCUT2D eigenvalue weighted by Crippen LogP contribution is -2.21. The Labute approximate surface area is 172 Å². The maximum atomic E-state index is 13.3. The molecule has 0 amide bonds. The molecule has 6 heteroatoms. The van der Waals surface area contributed by atoms with Crippen LogP contribution in [-0.4, -0.2) is 19.2 Å². The van der Waals surface area contributed by atoms with E-state index in [1.807, 2.05) is 44.2 Å². The molecule has 2 aromatic carbocycles. The summed E-state index contributed by atoms with van der Waals surface area (Å²) in [5, 5.41) is 5.12. The lowest BCUT2D eigenvalue weighted by Gasteiger charge is -2.09. The summed E-state index contributed by atoms with van der Waals surface area (Å²) >= 11 is 0.